The van der Waals surface area contributed by atoms with Crippen molar-refractivity contribution in [2.75, 3.05) is 44.6 Å². The topological polar surface area (TPSA) is 65.1 Å². The Kier molecular flexibility index (Phi) is 5.48. The number of rotatable bonds is 4. The van der Waals surface area contributed by atoms with Crippen molar-refractivity contribution in [1.82, 2.24) is 14.7 Å². The number of cyclic esters (lactones) is 1. The number of likely N-dealkylation sites (tertiary alicyclic amines) is 2. The van der Waals surface area contributed by atoms with Gasteiger partial charge in [-0.15, -0.1) is 0 Å². The lowest BCUT2D eigenvalue weighted by Gasteiger charge is -2.37. The van der Waals surface area contributed by atoms with Gasteiger partial charge in [0.1, 0.15) is 6.61 Å². The van der Waals surface area contributed by atoms with Crippen LogP contribution >= 0.6 is 0 Å². The molecule has 3 aliphatic heterocycles. The van der Waals surface area contributed by atoms with E-state index >= 15 is 0 Å². The van der Waals surface area contributed by atoms with Gasteiger partial charge in [-0.2, -0.15) is 0 Å². The van der Waals surface area contributed by atoms with Crippen LogP contribution in [0.4, 0.5) is 15.3 Å². The number of urea groups is 1. The predicted molar refractivity (Wildman–Crippen MR) is 103 cm³/mol. The molecule has 3 aliphatic rings. The van der Waals surface area contributed by atoms with E-state index < -0.39 is 0 Å². The Morgan fingerprint density at radius 3 is 2.78 bits per heavy atom. The molecule has 1 unspecified atom stereocenters. The maximum absolute atomic E-state index is 12.7. The van der Waals surface area contributed by atoms with Crippen molar-refractivity contribution in [3.05, 3.63) is 29.8 Å². The second kappa shape index (κ2) is 8.17. The fourth-order valence-electron chi connectivity index (χ4n) is 4.28. The predicted octanol–water partition coefficient (Wildman–Crippen LogP) is 2.73. The summed E-state index contributed by atoms with van der Waals surface area (Å²) in [5.74, 6) is 0. The molecule has 7 nitrogen and oxygen atoms in total. The summed E-state index contributed by atoms with van der Waals surface area (Å²) in [6.45, 7) is 5.52. The second-order valence-corrected chi connectivity index (χ2v) is 7.65. The van der Waals surface area contributed by atoms with Gasteiger partial charge in [0.2, 0.25) is 0 Å². The van der Waals surface area contributed by atoms with Gasteiger partial charge in [0, 0.05) is 31.4 Å². The van der Waals surface area contributed by atoms with Crippen molar-refractivity contribution in [1.29, 1.82) is 0 Å². The van der Waals surface area contributed by atoms with Crippen LogP contribution in [0, 0.1) is 0 Å². The van der Waals surface area contributed by atoms with E-state index in [1.807, 2.05) is 29.2 Å². The van der Waals surface area contributed by atoms with Crippen LogP contribution < -0.4 is 5.32 Å². The molecule has 3 fully saturated rings. The number of piperidine rings is 1. The number of nitrogens with one attached hydrogen (secondary N) is 1. The van der Waals surface area contributed by atoms with E-state index in [-0.39, 0.29) is 12.1 Å². The standard InChI is InChI=1S/C20H28N4O3/c25-19(23-10-4-7-18(15-23)22-8-1-2-9-22)21-17-6-3-5-16(13-17)14-24-11-12-27-20(24)26/h3,5-6,13,18H,1-2,4,7-12,14-15H2,(H,21,25). The first-order valence-corrected chi connectivity index (χ1v) is 10.00. The second-order valence-electron chi connectivity index (χ2n) is 7.65. The molecule has 0 aromatic heterocycles. The quantitative estimate of drug-likeness (QED) is 0.883. The van der Waals surface area contributed by atoms with Gasteiger partial charge in [-0.3, -0.25) is 4.90 Å². The molecule has 4 rings (SSSR count). The average molecular weight is 372 g/mol. The molecule has 1 aromatic rings. The van der Waals surface area contributed by atoms with Crippen LogP contribution in [0.1, 0.15) is 31.2 Å². The van der Waals surface area contributed by atoms with Crippen molar-refractivity contribution in [3.8, 4) is 0 Å². The van der Waals surface area contributed by atoms with Crippen LogP contribution in [0.3, 0.4) is 0 Å². The van der Waals surface area contributed by atoms with Crippen molar-refractivity contribution in [2.24, 2.45) is 0 Å². The Morgan fingerprint density at radius 1 is 1.15 bits per heavy atom. The Balaban J connectivity index is 1.34. The highest BCUT2D eigenvalue weighted by Crippen LogP contribution is 2.21. The minimum absolute atomic E-state index is 0.0309. The summed E-state index contributed by atoms with van der Waals surface area (Å²) in [7, 11) is 0. The van der Waals surface area contributed by atoms with Gasteiger partial charge in [0.25, 0.3) is 0 Å². The molecule has 3 amide bonds. The van der Waals surface area contributed by atoms with Gasteiger partial charge >= 0.3 is 12.1 Å². The highest BCUT2D eigenvalue weighted by molar-refractivity contribution is 5.89. The Morgan fingerprint density at radius 2 is 2.00 bits per heavy atom. The first kappa shape index (κ1) is 18.1. The summed E-state index contributed by atoms with van der Waals surface area (Å²) in [6.07, 6.45) is 4.53. The van der Waals surface area contributed by atoms with Crippen LogP contribution in [-0.4, -0.2) is 72.2 Å². The fraction of sp³-hybridized carbons (Fsp3) is 0.600. The lowest BCUT2D eigenvalue weighted by molar-refractivity contribution is 0.132. The number of hydrogen-bond acceptors (Lipinski definition) is 4. The molecule has 3 heterocycles. The molecule has 0 radical (unpaired) electrons. The van der Waals surface area contributed by atoms with E-state index in [1.165, 1.54) is 32.4 Å². The lowest BCUT2D eigenvalue weighted by atomic mass is 10.0. The van der Waals surface area contributed by atoms with Gasteiger partial charge in [0.05, 0.1) is 6.54 Å². The third-order valence-corrected chi connectivity index (χ3v) is 5.74. The summed E-state index contributed by atoms with van der Waals surface area (Å²) in [5.41, 5.74) is 1.76. The monoisotopic (exact) mass is 372 g/mol. The number of benzene rings is 1. The van der Waals surface area contributed by atoms with E-state index in [2.05, 4.69) is 10.2 Å². The molecule has 1 aromatic carbocycles. The van der Waals surface area contributed by atoms with Crippen molar-refractivity contribution >= 4 is 17.8 Å². The molecular formula is C20H28N4O3. The van der Waals surface area contributed by atoms with E-state index in [0.717, 1.165) is 30.8 Å². The summed E-state index contributed by atoms with van der Waals surface area (Å²) < 4.78 is 4.97. The van der Waals surface area contributed by atoms with Crippen molar-refractivity contribution < 1.29 is 14.3 Å². The smallest absolute Gasteiger partial charge is 0.410 e. The Bertz CT molecular complexity index is 690. The number of anilines is 1. The minimum atomic E-state index is -0.272. The molecule has 146 valence electrons. The molecule has 1 atom stereocenters. The SMILES string of the molecule is O=C(Nc1cccc(CN2CCOC2=O)c1)N1CCCC(N2CCCC2)C1. The first-order chi connectivity index (χ1) is 13.2. The van der Waals surface area contributed by atoms with Crippen LogP contribution in [0.15, 0.2) is 24.3 Å². The number of nitrogens with zero attached hydrogens (tertiary/aromatic N) is 3. The van der Waals surface area contributed by atoms with Crippen LogP contribution in [0.2, 0.25) is 0 Å². The van der Waals surface area contributed by atoms with E-state index in [4.69, 9.17) is 4.74 Å². The zero-order valence-corrected chi connectivity index (χ0v) is 15.7. The van der Waals surface area contributed by atoms with E-state index in [9.17, 15) is 9.59 Å². The molecule has 0 spiro atoms. The number of hydrogen-bond donors (Lipinski definition) is 1. The molecule has 1 N–H and O–H groups in total. The zero-order chi connectivity index (χ0) is 18.6. The molecule has 3 saturated heterocycles. The largest absolute Gasteiger partial charge is 0.448 e. The maximum Gasteiger partial charge on any atom is 0.410 e. The average Bonchev–Trinajstić information content (AvgIpc) is 3.35. The number of carbonyl (C=O) groups excluding carboxylic acids is 2. The van der Waals surface area contributed by atoms with Gasteiger partial charge in [-0.25, -0.2) is 9.59 Å². The fourth-order valence-corrected chi connectivity index (χ4v) is 4.28. The number of ether oxygens (including phenoxy) is 1. The molecule has 7 heteroatoms. The molecule has 0 bridgehead atoms. The first-order valence-electron chi connectivity index (χ1n) is 10.00. The normalized spacial score (nSPS) is 23.6. The van der Waals surface area contributed by atoms with Crippen LogP contribution in [0.25, 0.3) is 0 Å². The highest BCUT2D eigenvalue weighted by Gasteiger charge is 2.29. The highest BCUT2D eigenvalue weighted by atomic mass is 16.6. The lowest BCUT2D eigenvalue weighted by Crippen LogP contribution is -2.50. The minimum Gasteiger partial charge on any atom is -0.448 e. The van der Waals surface area contributed by atoms with Gasteiger partial charge in [-0.1, -0.05) is 12.1 Å². The summed E-state index contributed by atoms with van der Waals surface area (Å²) in [6, 6.07) is 8.18. The summed E-state index contributed by atoms with van der Waals surface area (Å²) in [5, 5.41) is 3.03. The summed E-state index contributed by atoms with van der Waals surface area (Å²) >= 11 is 0. The van der Waals surface area contributed by atoms with Crippen LogP contribution in [0.5, 0.6) is 0 Å². The van der Waals surface area contributed by atoms with Crippen molar-refractivity contribution in [3.63, 3.8) is 0 Å². The number of carbonyl (C=O) groups is 2. The number of amides is 3. The molecule has 27 heavy (non-hydrogen) atoms. The molecule has 0 saturated carbocycles. The van der Waals surface area contributed by atoms with E-state index in [0.29, 0.717) is 25.7 Å². The van der Waals surface area contributed by atoms with Gasteiger partial charge < -0.3 is 19.9 Å². The van der Waals surface area contributed by atoms with Gasteiger partial charge in [0.15, 0.2) is 0 Å². The van der Waals surface area contributed by atoms with E-state index in [1.54, 1.807) is 4.90 Å². The van der Waals surface area contributed by atoms with Gasteiger partial charge in [-0.05, 0) is 56.5 Å². The third-order valence-electron chi connectivity index (χ3n) is 5.74. The third kappa shape index (κ3) is 4.35. The zero-order valence-electron chi connectivity index (χ0n) is 15.7. The molecular weight excluding hydrogens is 344 g/mol. The van der Waals surface area contributed by atoms with Crippen molar-refractivity contribution in [2.45, 2.75) is 38.3 Å². The van der Waals surface area contributed by atoms with Crippen LogP contribution in [-0.2, 0) is 11.3 Å². The summed E-state index contributed by atoms with van der Waals surface area (Å²) in [4.78, 5) is 30.5. The maximum atomic E-state index is 12.7. The Labute approximate surface area is 160 Å². The molecule has 0 aliphatic carbocycles. The Hall–Kier alpha value is -2.28.